The Hall–Kier alpha value is -0.900. The number of carbonyl (C=O) groups excluding carboxylic acids is 1. The first-order chi connectivity index (χ1) is 4.63. The molecule has 2 N–H and O–H groups in total. The number of hydrogen-bond acceptors (Lipinski definition) is 4. The maximum Gasteiger partial charge on any atom is 0.164 e. The van der Waals surface area contributed by atoms with Gasteiger partial charge in [0.05, 0.1) is 11.3 Å². The SMILES string of the molecule is CC(=O)c1c(C)nsc1N. The van der Waals surface area contributed by atoms with Crippen LogP contribution in [0.25, 0.3) is 0 Å². The smallest absolute Gasteiger partial charge is 0.164 e. The normalized spacial score (nSPS) is 9.80. The first-order valence-electron chi connectivity index (χ1n) is 2.85. The lowest BCUT2D eigenvalue weighted by Gasteiger charge is -1.90. The number of nitrogens with zero attached hydrogens (tertiary/aromatic N) is 1. The van der Waals surface area contributed by atoms with E-state index < -0.39 is 0 Å². The summed E-state index contributed by atoms with van der Waals surface area (Å²) in [6, 6.07) is 0. The lowest BCUT2D eigenvalue weighted by Crippen LogP contribution is -1.96. The van der Waals surface area contributed by atoms with Crippen molar-refractivity contribution >= 4 is 22.3 Å². The van der Waals surface area contributed by atoms with Crippen LogP contribution < -0.4 is 5.73 Å². The quantitative estimate of drug-likeness (QED) is 0.622. The summed E-state index contributed by atoms with van der Waals surface area (Å²) in [5.41, 5.74) is 6.78. The van der Waals surface area contributed by atoms with Crippen molar-refractivity contribution in [1.29, 1.82) is 0 Å². The molecule has 3 nitrogen and oxygen atoms in total. The van der Waals surface area contributed by atoms with Crippen LogP contribution in [-0.4, -0.2) is 10.2 Å². The van der Waals surface area contributed by atoms with E-state index in [1.54, 1.807) is 6.92 Å². The highest BCUT2D eigenvalue weighted by atomic mass is 32.1. The Morgan fingerprint density at radius 1 is 1.70 bits per heavy atom. The highest BCUT2D eigenvalue weighted by Gasteiger charge is 2.10. The average Bonchev–Trinajstić information content (AvgIpc) is 2.11. The van der Waals surface area contributed by atoms with Crippen molar-refractivity contribution in [2.45, 2.75) is 13.8 Å². The second kappa shape index (κ2) is 2.38. The van der Waals surface area contributed by atoms with E-state index in [1.165, 1.54) is 18.5 Å². The Balaban J connectivity index is 3.23. The highest BCUT2D eigenvalue weighted by Crippen LogP contribution is 2.20. The van der Waals surface area contributed by atoms with Crippen molar-refractivity contribution in [3.8, 4) is 0 Å². The molecule has 0 aliphatic heterocycles. The number of rotatable bonds is 1. The molecule has 0 spiro atoms. The van der Waals surface area contributed by atoms with Gasteiger partial charge in [-0.15, -0.1) is 0 Å². The second-order valence-corrected chi connectivity index (χ2v) is 2.87. The Morgan fingerprint density at radius 2 is 2.30 bits per heavy atom. The van der Waals surface area contributed by atoms with Gasteiger partial charge in [0.2, 0.25) is 0 Å². The molecule has 0 fully saturated rings. The van der Waals surface area contributed by atoms with Crippen LogP contribution in [-0.2, 0) is 0 Å². The average molecular weight is 156 g/mol. The summed E-state index contributed by atoms with van der Waals surface area (Å²) in [7, 11) is 0. The maximum absolute atomic E-state index is 10.8. The first-order valence-corrected chi connectivity index (χ1v) is 3.63. The number of aromatic nitrogens is 1. The minimum Gasteiger partial charge on any atom is -0.389 e. The molecule has 4 heteroatoms. The molecule has 0 atom stereocenters. The van der Waals surface area contributed by atoms with E-state index in [9.17, 15) is 4.79 Å². The van der Waals surface area contributed by atoms with Gasteiger partial charge >= 0.3 is 0 Å². The molecule has 10 heavy (non-hydrogen) atoms. The van der Waals surface area contributed by atoms with Crippen LogP contribution in [0.2, 0.25) is 0 Å². The summed E-state index contributed by atoms with van der Waals surface area (Å²) < 4.78 is 3.93. The molecular formula is C6H8N2OS. The van der Waals surface area contributed by atoms with Gasteiger partial charge in [0.1, 0.15) is 5.00 Å². The third kappa shape index (κ3) is 1.02. The zero-order valence-electron chi connectivity index (χ0n) is 5.84. The number of nitrogens with two attached hydrogens (primary N) is 1. The molecule has 1 rings (SSSR count). The summed E-state index contributed by atoms with van der Waals surface area (Å²) in [6.45, 7) is 3.27. The van der Waals surface area contributed by atoms with Crippen molar-refractivity contribution in [2.24, 2.45) is 0 Å². The van der Waals surface area contributed by atoms with Crippen LogP contribution in [0.5, 0.6) is 0 Å². The van der Waals surface area contributed by atoms with Crippen molar-refractivity contribution in [3.63, 3.8) is 0 Å². The van der Waals surface area contributed by atoms with E-state index in [0.29, 0.717) is 10.6 Å². The lowest BCUT2D eigenvalue weighted by molar-refractivity contribution is 0.101. The molecule has 0 bridgehead atoms. The minimum absolute atomic E-state index is 0.0104. The van der Waals surface area contributed by atoms with Crippen LogP contribution >= 0.6 is 11.5 Å². The van der Waals surface area contributed by atoms with Gasteiger partial charge in [-0.1, -0.05) is 0 Å². The summed E-state index contributed by atoms with van der Waals surface area (Å²) in [5.74, 6) is -0.0104. The molecule has 1 aromatic rings. The molecule has 0 radical (unpaired) electrons. The van der Waals surface area contributed by atoms with Crippen LogP contribution in [0.1, 0.15) is 23.0 Å². The van der Waals surface area contributed by atoms with Crippen LogP contribution in [0.3, 0.4) is 0 Å². The number of anilines is 1. The van der Waals surface area contributed by atoms with Gasteiger partial charge in [-0.05, 0) is 25.4 Å². The van der Waals surface area contributed by atoms with Gasteiger partial charge in [0.15, 0.2) is 5.78 Å². The fraction of sp³-hybridized carbons (Fsp3) is 0.333. The van der Waals surface area contributed by atoms with Gasteiger partial charge < -0.3 is 5.73 Å². The summed E-state index contributed by atoms with van der Waals surface area (Å²) in [6.07, 6.45) is 0. The van der Waals surface area contributed by atoms with E-state index in [4.69, 9.17) is 5.73 Å². The molecule has 0 aliphatic carbocycles. The molecule has 0 saturated heterocycles. The van der Waals surface area contributed by atoms with Crippen LogP contribution in [0, 0.1) is 6.92 Å². The molecular weight excluding hydrogens is 148 g/mol. The monoisotopic (exact) mass is 156 g/mol. The first kappa shape index (κ1) is 7.21. The number of nitrogen functional groups attached to an aromatic ring is 1. The van der Waals surface area contributed by atoms with Gasteiger partial charge in [0.25, 0.3) is 0 Å². The number of ketones is 1. The van der Waals surface area contributed by atoms with Crippen molar-refractivity contribution < 1.29 is 4.79 Å². The van der Waals surface area contributed by atoms with Crippen LogP contribution in [0.15, 0.2) is 0 Å². The van der Waals surface area contributed by atoms with Crippen molar-refractivity contribution in [2.75, 3.05) is 5.73 Å². The van der Waals surface area contributed by atoms with Crippen molar-refractivity contribution in [3.05, 3.63) is 11.3 Å². The number of aryl methyl sites for hydroxylation is 1. The number of carbonyl (C=O) groups is 1. The molecule has 1 heterocycles. The fourth-order valence-corrected chi connectivity index (χ4v) is 1.52. The lowest BCUT2D eigenvalue weighted by atomic mass is 10.2. The van der Waals surface area contributed by atoms with Gasteiger partial charge in [-0.3, -0.25) is 4.79 Å². The largest absolute Gasteiger partial charge is 0.389 e. The maximum atomic E-state index is 10.8. The zero-order chi connectivity index (χ0) is 7.72. The third-order valence-electron chi connectivity index (χ3n) is 1.24. The zero-order valence-corrected chi connectivity index (χ0v) is 6.66. The molecule has 1 aromatic heterocycles. The van der Waals surface area contributed by atoms with E-state index in [-0.39, 0.29) is 5.78 Å². The molecule has 54 valence electrons. The van der Waals surface area contributed by atoms with Gasteiger partial charge in [-0.2, -0.15) is 4.37 Å². The Morgan fingerprint density at radius 3 is 2.50 bits per heavy atom. The Bertz CT molecular complexity index is 247. The van der Waals surface area contributed by atoms with E-state index >= 15 is 0 Å². The number of hydrogen-bond donors (Lipinski definition) is 1. The molecule has 0 amide bonds. The van der Waals surface area contributed by atoms with Crippen molar-refractivity contribution in [1.82, 2.24) is 4.37 Å². The second-order valence-electron chi connectivity index (χ2n) is 2.06. The predicted molar refractivity (Wildman–Crippen MR) is 41.3 cm³/mol. The third-order valence-corrected chi connectivity index (χ3v) is 2.01. The fourth-order valence-electron chi connectivity index (χ4n) is 0.815. The van der Waals surface area contributed by atoms with Crippen LogP contribution in [0.4, 0.5) is 5.00 Å². The standard InChI is InChI=1S/C6H8N2OS/c1-3-5(4(2)9)6(7)10-8-3/h7H2,1-2H3. The summed E-state index contributed by atoms with van der Waals surface area (Å²) in [4.78, 5) is 10.8. The van der Waals surface area contributed by atoms with Gasteiger partial charge in [0, 0.05) is 0 Å². The van der Waals surface area contributed by atoms with E-state index in [2.05, 4.69) is 4.37 Å². The molecule has 0 unspecified atom stereocenters. The van der Waals surface area contributed by atoms with Gasteiger partial charge in [-0.25, -0.2) is 0 Å². The molecule has 0 aliphatic rings. The highest BCUT2D eigenvalue weighted by molar-refractivity contribution is 7.10. The minimum atomic E-state index is -0.0104. The Labute approximate surface area is 63.0 Å². The predicted octanol–water partition coefficient (Wildman–Crippen LogP) is 1.24. The number of Topliss-reactive ketones (excluding diaryl/α,β-unsaturated/α-hetero) is 1. The molecule has 0 saturated carbocycles. The van der Waals surface area contributed by atoms with E-state index in [0.717, 1.165) is 5.69 Å². The summed E-state index contributed by atoms with van der Waals surface area (Å²) in [5, 5.41) is 0.519. The Kier molecular flexibility index (Phi) is 1.72. The summed E-state index contributed by atoms with van der Waals surface area (Å²) >= 11 is 1.17. The molecule has 0 aromatic carbocycles. The topological polar surface area (TPSA) is 56.0 Å². The van der Waals surface area contributed by atoms with E-state index in [1.807, 2.05) is 0 Å².